The van der Waals surface area contributed by atoms with Crippen LogP contribution in [0.3, 0.4) is 0 Å². The summed E-state index contributed by atoms with van der Waals surface area (Å²) in [5.74, 6) is -0.772. The van der Waals surface area contributed by atoms with Gasteiger partial charge >= 0.3 is 5.97 Å². The summed E-state index contributed by atoms with van der Waals surface area (Å²) in [5, 5.41) is 18.7. The average Bonchev–Trinajstić information content (AvgIpc) is 2.47. The van der Waals surface area contributed by atoms with Crippen molar-refractivity contribution in [3.8, 4) is 0 Å². The Bertz CT molecular complexity index is 335. The molecule has 0 bridgehead atoms. The van der Waals surface area contributed by atoms with Gasteiger partial charge in [0.15, 0.2) is 12.2 Å². The molecule has 0 aliphatic carbocycles. The summed E-state index contributed by atoms with van der Waals surface area (Å²) in [5.41, 5.74) is 0.685. The molecule has 0 amide bonds. The van der Waals surface area contributed by atoms with Crippen LogP contribution in [-0.2, 0) is 9.53 Å². The van der Waals surface area contributed by atoms with E-state index >= 15 is 0 Å². The van der Waals surface area contributed by atoms with Crippen LogP contribution in [0.4, 0.5) is 0 Å². The molecule has 2 rings (SSSR count). The van der Waals surface area contributed by atoms with Crippen LogP contribution in [0.2, 0.25) is 0 Å². The van der Waals surface area contributed by atoms with Gasteiger partial charge in [0.2, 0.25) is 0 Å². The Hall–Kier alpha value is -1.39. The summed E-state index contributed by atoms with van der Waals surface area (Å²) in [4.78, 5) is 10.9. The second-order valence-corrected chi connectivity index (χ2v) is 3.20. The topological polar surface area (TPSA) is 66.8 Å². The number of rotatable bonds is 1. The molecule has 3 unspecified atom stereocenters. The Morgan fingerprint density at radius 1 is 1.14 bits per heavy atom. The van der Waals surface area contributed by atoms with Crippen LogP contribution < -0.4 is 0 Å². The fourth-order valence-electron chi connectivity index (χ4n) is 1.48. The molecular weight excluding hydrogens is 184 g/mol. The summed E-state index contributed by atoms with van der Waals surface area (Å²) in [7, 11) is 0. The molecule has 4 nitrogen and oxygen atoms in total. The quantitative estimate of drug-likeness (QED) is 0.618. The zero-order valence-electron chi connectivity index (χ0n) is 7.33. The number of aliphatic hydroxyl groups is 2. The largest absolute Gasteiger partial charge is 0.453 e. The van der Waals surface area contributed by atoms with Crippen molar-refractivity contribution in [2.75, 3.05) is 0 Å². The second-order valence-electron chi connectivity index (χ2n) is 3.20. The van der Waals surface area contributed by atoms with Crippen molar-refractivity contribution < 1.29 is 19.7 Å². The summed E-state index contributed by atoms with van der Waals surface area (Å²) in [6.45, 7) is 0. The van der Waals surface area contributed by atoms with E-state index in [9.17, 15) is 15.0 Å². The van der Waals surface area contributed by atoms with E-state index in [0.29, 0.717) is 5.56 Å². The number of carbonyl (C=O) groups excluding carboxylic acids is 1. The highest BCUT2D eigenvalue weighted by Crippen LogP contribution is 2.29. The molecular formula is C10H10O4. The van der Waals surface area contributed by atoms with E-state index in [1.54, 1.807) is 24.3 Å². The van der Waals surface area contributed by atoms with E-state index in [4.69, 9.17) is 4.74 Å². The highest BCUT2D eigenvalue weighted by atomic mass is 16.6. The van der Waals surface area contributed by atoms with Gasteiger partial charge in [0.05, 0.1) is 0 Å². The maximum atomic E-state index is 10.9. The summed E-state index contributed by atoms with van der Waals surface area (Å²) >= 11 is 0. The van der Waals surface area contributed by atoms with Crippen LogP contribution in [0.5, 0.6) is 0 Å². The summed E-state index contributed by atoms with van der Waals surface area (Å²) in [6, 6.07) is 8.85. The number of cyclic esters (lactones) is 1. The van der Waals surface area contributed by atoms with Gasteiger partial charge in [-0.05, 0) is 5.56 Å². The van der Waals surface area contributed by atoms with Crippen molar-refractivity contribution >= 4 is 5.97 Å². The van der Waals surface area contributed by atoms with E-state index in [1.165, 1.54) is 0 Å². The fourth-order valence-corrected chi connectivity index (χ4v) is 1.48. The number of benzene rings is 1. The monoisotopic (exact) mass is 194 g/mol. The normalized spacial score (nSPS) is 31.6. The fraction of sp³-hybridized carbons (Fsp3) is 0.300. The minimum absolute atomic E-state index is 0.685. The highest BCUT2D eigenvalue weighted by Gasteiger charge is 2.43. The lowest BCUT2D eigenvalue weighted by Crippen LogP contribution is -2.27. The lowest BCUT2D eigenvalue weighted by molar-refractivity contribution is -0.147. The predicted octanol–water partition coefficient (Wildman–Crippen LogP) is 0.00630. The third-order valence-electron chi connectivity index (χ3n) is 2.25. The Morgan fingerprint density at radius 3 is 2.29 bits per heavy atom. The van der Waals surface area contributed by atoms with Gasteiger partial charge in [0.25, 0.3) is 0 Å². The molecule has 0 spiro atoms. The Morgan fingerprint density at radius 2 is 1.79 bits per heavy atom. The van der Waals surface area contributed by atoms with Crippen LogP contribution >= 0.6 is 0 Å². The smallest absolute Gasteiger partial charge is 0.338 e. The van der Waals surface area contributed by atoms with Crippen LogP contribution in [0.1, 0.15) is 11.7 Å². The van der Waals surface area contributed by atoms with Gasteiger partial charge in [-0.2, -0.15) is 0 Å². The number of aliphatic hydroxyl groups excluding tert-OH is 2. The van der Waals surface area contributed by atoms with E-state index < -0.39 is 24.3 Å². The number of esters is 1. The molecule has 1 aliphatic heterocycles. The standard InChI is InChI=1S/C10H10O4/c11-7-8(12)10(13)14-9(7)6-4-2-1-3-5-6/h1-5,7-9,11-12H. The van der Waals surface area contributed by atoms with Gasteiger partial charge in [-0.1, -0.05) is 30.3 Å². The van der Waals surface area contributed by atoms with Gasteiger partial charge in [-0.25, -0.2) is 4.79 Å². The second kappa shape index (κ2) is 3.40. The molecule has 0 radical (unpaired) electrons. The molecule has 14 heavy (non-hydrogen) atoms. The third-order valence-corrected chi connectivity index (χ3v) is 2.25. The molecule has 4 heteroatoms. The zero-order chi connectivity index (χ0) is 10.1. The van der Waals surface area contributed by atoms with Gasteiger partial charge in [0.1, 0.15) is 6.10 Å². The summed E-state index contributed by atoms with van der Waals surface area (Å²) in [6.07, 6.45) is -3.36. The van der Waals surface area contributed by atoms with E-state index in [0.717, 1.165) is 0 Å². The van der Waals surface area contributed by atoms with Crippen molar-refractivity contribution in [2.24, 2.45) is 0 Å². The summed E-state index contributed by atoms with van der Waals surface area (Å²) < 4.78 is 4.83. The molecule has 1 aliphatic rings. The van der Waals surface area contributed by atoms with Gasteiger partial charge in [-0.15, -0.1) is 0 Å². The maximum Gasteiger partial charge on any atom is 0.338 e. The maximum absolute atomic E-state index is 10.9. The van der Waals surface area contributed by atoms with Crippen LogP contribution in [-0.4, -0.2) is 28.4 Å². The van der Waals surface area contributed by atoms with Crippen molar-refractivity contribution in [3.63, 3.8) is 0 Å². The molecule has 0 aromatic heterocycles. The lowest BCUT2D eigenvalue weighted by atomic mass is 10.0. The first-order valence-corrected chi connectivity index (χ1v) is 4.32. The third kappa shape index (κ3) is 1.38. The number of hydrogen-bond acceptors (Lipinski definition) is 4. The Balaban J connectivity index is 2.26. The van der Waals surface area contributed by atoms with Crippen molar-refractivity contribution in [3.05, 3.63) is 35.9 Å². The van der Waals surface area contributed by atoms with Crippen molar-refractivity contribution in [2.45, 2.75) is 18.3 Å². The first-order chi connectivity index (χ1) is 6.70. The van der Waals surface area contributed by atoms with E-state index in [2.05, 4.69) is 0 Å². The first kappa shape index (κ1) is 9.18. The minimum Gasteiger partial charge on any atom is -0.453 e. The Labute approximate surface area is 80.7 Å². The zero-order valence-corrected chi connectivity index (χ0v) is 7.33. The molecule has 74 valence electrons. The first-order valence-electron chi connectivity index (χ1n) is 4.32. The SMILES string of the molecule is O=C1OC(c2ccccc2)C(O)C1O. The Kier molecular flexibility index (Phi) is 2.23. The highest BCUT2D eigenvalue weighted by molar-refractivity contribution is 5.78. The molecule has 1 heterocycles. The van der Waals surface area contributed by atoms with E-state index in [-0.39, 0.29) is 0 Å². The minimum atomic E-state index is -1.43. The number of ether oxygens (including phenoxy) is 1. The van der Waals surface area contributed by atoms with Gasteiger partial charge in [0, 0.05) is 0 Å². The lowest BCUT2D eigenvalue weighted by Gasteiger charge is -2.13. The van der Waals surface area contributed by atoms with Crippen molar-refractivity contribution in [1.29, 1.82) is 0 Å². The van der Waals surface area contributed by atoms with Crippen LogP contribution in [0.15, 0.2) is 30.3 Å². The van der Waals surface area contributed by atoms with E-state index in [1.807, 2.05) is 6.07 Å². The van der Waals surface area contributed by atoms with Crippen LogP contribution in [0, 0.1) is 0 Å². The van der Waals surface area contributed by atoms with Gasteiger partial charge < -0.3 is 14.9 Å². The number of carbonyl (C=O) groups is 1. The molecule has 0 saturated carbocycles. The molecule has 1 aromatic carbocycles. The van der Waals surface area contributed by atoms with Crippen LogP contribution in [0.25, 0.3) is 0 Å². The molecule has 1 fully saturated rings. The number of hydrogen-bond donors (Lipinski definition) is 2. The van der Waals surface area contributed by atoms with Gasteiger partial charge in [-0.3, -0.25) is 0 Å². The molecule has 2 N–H and O–H groups in total. The average molecular weight is 194 g/mol. The van der Waals surface area contributed by atoms with Crippen molar-refractivity contribution in [1.82, 2.24) is 0 Å². The molecule has 1 aromatic rings. The molecule has 1 saturated heterocycles. The predicted molar refractivity (Wildman–Crippen MR) is 47.3 cm³/mol. The molecule has 3 atom stereocenters.